The number of fused-ring (bicyclic) bond motifs is 1. The summed E-state index contributed by atoms with van der Waals surface area (Å²) < 4.78 is 1.80. The standard InChI is InChI=1S/C10H11BrN2O2/c1-13-8(4-5-11)12-9-6(14)2-3-7(15)10(9)13/h2-3,14-15H,4-5H2,1H3. The Hall–Kier alpha value is -1.23. The van der Waals surface area contributed by atoms with Crippen molar-refractivity contribution in [2.75, 3.05) is 5.33 Å². The van der Waals surface area contributed by atoms with Crippen molar-refractivity contribution in [2.24, 2.45) is 7.05 Å². The Balaban J connectivity index is 2.75. The number of aromatic hydroxyl groups is 2. The molecule has 0 atom stereocenters. The number of nitrogens with zero attached hydrogens (tertiary/aromatic N) is 2. The average Bonchev–Trinajstić information content (AvgIpc) is 2.53. The van der Waals surface area contributed by atoms with E-state index in [0.717, 1.165) is 17.6 Å². The monoisotopic (exact) mass is 270 g/mol. The number of hydrogen-bond acceptors (Lipinski definition) is 3. The van der Waals surface area contributed by atoms with Gasteiger partial charge in [0.05, 0.1) is 0 Å². The third kappa shape index (κ3) is 1.56. The van der Waals surface area contributed by atoms with Gasteiger partial charge in [-0.25, -0.2) is 4.98 Å². The average molecular weight is 271 g/mol. The number of rotatable bonds is 2. The Labute approximate surface area is 95.3 Å². The number of aromatic nitrogens is 2. The van der Waals surface area contributed by atoms with Crippen molar-refractivity contribution in [1.82, 2.24) is 9.55 Å². The van der Waals surface area contributed by atoms with Crippen LogP contribution in [0.2, 0.25) is 0 Å². The maximum atomic E-state index is 9.67. The molecule has 2 N–H and O–H groups in total. The molecule has 0 radical (unpaired) electrons. The van der Waals surface area contributed by atoms with Crippen molar-refractivity contribution in [3.63, 3.8) is 0 Å². The summed E-state index contributed by atoms with van der Waals surface area (Å²) in [4.78, 5) is 4.29. The highest BCUT2D eigenvalue weighted by Gasteiger charge is 2.13. The van der Waals surface area contributed by atoms with E-state index < -0.39 is 0 Å². The molecular formula is C10H11BrN2O2. The summed E-state index contributed by atoms with van der Waals surface area (Å²) in [5.74, 6) is 1.07. The zero-order chi connectivity index (χ0) is 11.0. The van der Waals surface area contributed by atoms with E-state index in [0.29, 0.717) is 11.0 Å². The second-order valence-electron chi connectivity index (χ2n) is 3.33. The maximum absolute atomic E-state index is 9.67. The van der Waals surface area contributed by atoms with Crippen LogP contribution in [0.3, 0.4) is 0 Å². The van der Waals surface area contributed by atoms with Gasteiger partial charge in [-0.05, 0) is 12.1 Å². The number of imidazole rings is 1. The molecule has 1 heterocycles. The van der Waals surface area contributed by atoms with Crippen LogP contribution in [0.1, 0.15) is 5.82 Å². The molecule has 0 amide bonds. The molecule has 0 aliphatic carbocycles. The van der Waals surface area contributed by atoms with Gasteiger partial charge in [-0.1, -0.05) is 15.9 Å². The highest BCUT2D eigenvalue weighted by Crippen LogP contribution is 2.31. The summed E-state index contributed by atoms with van der Waals surface area (Å²) in [6.07, 6.45) is 0.754. The molecule has 4 nitrogen and oxygen atoms in total. The minimum Gasteiger partial charge on any atom is -0.506 e. The fourth-order valence-corrected chi connectivity index (χ4v) is 2.00. The number of halogens is 1. The van der Waals surface area contributed by atoms with Crippen LogP contribution in [0, 0.1) is 0 Å². The van der Waals surface area contributed by atoms with Crippen LogP contribution in [-0.2, 0) is 13.5 Å². The smallest absolute Gasteiger partial charge is 0.143 e. The molecule has 2 rings (SSSR count). The van der Waals surface area contributed by atoms with Crippen LogP contribution in [-0.4, -0.2) is 25.1 Å². The topological polar surface area (TPSA) is 58.3 Å². The van der Waals surface area contributed by atoms with Crippen LogP contribution in [0.5, 0.6) is 11.5 Å². The minimum absolute atomic E-state index is 0.0965. The zero-order valence-electron chi connectivity index (χ0n) is 8.24. The summed E-state index contributed by atoms with van der Waals surface area (Å²) in [5.41, 5.74) is 1.03. The lowest BCUT2D eigenvalue weighted by atomic mass is 10.2. The van der Waals surface area contributed by atoms with Gasteiger partial charge in [-0.2, -0.15) is 0 Å². The number of aryl methyl sites for hydroxylation is 2. The number of hydrogen-bond donors (Lipinski definition) is 2. The highest BCUT2D eigenvalue weighted by atomic mass is 79.9. The van der Waals surface area contributed by atoms with Crippen molar-refractivity contribution < 1.29 is 10.2 Å². The first-order valence-electron chi connectivity index (χ1n) is 4.57. The molecule has 15 heavy (non-hydrogen) atoms. The molecule has 0 unspecified atom stereocenters. The van der Waals surface area contributed by atoms with Crippen LogP contribution < -0.4 is 0 Å². The van der Waals surface area contributed by atoms with Crippen LogP contribution in [0.4, 0.5) is 0 Å². The molecule has 0 aliphatic rings. The normalized spacial score (nSPS) is 11.1. The van der Waals surface area contributed by atoms with Crippen molar-refractivity contribution in [1.29, 1.82) is 0 Å². The van der Waals surface area contributed by atoms with Crippen molar-refractivity contribution in [2.45, 2.75) is 6.42 Å². The molecule has 0 fully saturated rings. The number of benzene rings is 1. The molecule has 0 saturated carbocycles. The Morgan fingerprint density at radius 1 is 1.33 bits per heavy atom. The van der Waals surface area contributed by atoms with Crippen LogP contribution >= 0.6 is 15.9 Å². The van der Waals surface area contributed by atoms with Gasteiger partial charge in [-0.3, -0.25) is 0 Å². The Morgan fingerprint density at radius 2 is 2.00 bits per heavy atom. The summed E-state index contributed by atoms with van der Waals surface area (Å²) in [5, 5.41) is 20.1. The lowest BCUT2D eigenvalue weighted by molar-refractivity contribution is 0.467. The van der Waals surface area contributed by atoms with Gasteiger partial charge in [0, 0.05) is 18.8 Å². The highest BCUT2D eigenvalue weighted by molar-refractivity contribution is 9.09. The van der Waals surface area contributed by atoms with Crippen molar-refractivity contribution in [3.05, 3.63) is 18.0 Å². The van der Waals surface area contributed by atoms with Gasteiger partial charge in [-0.15, -0.1) is 0 Å². The molecule has 0 saturated heterocycles. The van der Waals surface area contributed by atoms with Crippen molar-refractivity contribution >= 4 is 27.0 Å². The zero-order valence-corrected chi connectivity index (χ0v) is 9.82. The van der Waals surface area contributed by atoms with Crippen LogP contribution in [0.15, 0.2) is 12.1 Å². The first-order valence-corrected chi connectivity index (χ1v) is 5.69. The Bertz CT molecular complexity index is 508. The molecule has 0 spiro atoms. The van der Waals surface area contributed by atoms with Gasteiger partial charge < -0.3 is 14.8 Å². The molecule has 0 aliphatic heterocycles. The fraction of sp³-hybridized carbons (Fsp3) is 0.300. The van der Waals surface area contributed by atoms with Crippen molar-refractivity contribution in [3.8, 4) is 11.5 Å². The van der Waals surface area contributed by atoms with E-state index in [-0.39, 0.29) is 11.5 Å². The predicted molar refractivity (Wildman–Crippen MR) is 61.5 cm³/mol. The maximum Gasteiger partial charge on any atom is 0.143 e. The van der Waals surface area contributed by atoms with E-state index in [9.17, 15) is 10.2 Å². The largest absolute Gasteiger partial charge is 0.506 e. The third-order valence-electron chi connectivity index (χ3n) is 2.39. The van der Waals surface area contributed by atoms with E-state index in [4.69, 9.17) is 0 Å². The van der Waals surface area contributed by atoms with Gasteiger partial charge in [0.25, 0.3) is 0 Å². The van der Waals surface area contributed by atoms with Gasteiger partial charge in [0.15, 0.2) is 0 Å². The first kappa shape index (κ1) is 10.3. The fourth-order valence-electron chi connectivity index (χ4n) is 1.64. The second kappa shape index (κ2) is 3.73. The van der Waals surface area contributed by atoms with Gasteiger partial charge in [0.2, 0.25) is 0 Å². The molecule has 1 aromatic heterocycles. The molecular weight excluding hydrogens is 260 g/mol. The lowest BCUT2D eigenvalue weighted by Gasteiger charge is -2.01. The summed E-state index contributed by atoms with van der Waals surface area (Å²) in [6.45, 7) is 0. The van der Waals surface area contributed by atoms with E-state index in [1.807, 2.05) is 7.05 Å². The minimum atomic E-state index is 0.0965. The summed E-state index contributed by atoms with van der Waals surface area (Å²) in [6, 6.07) is 2.92. The Morgan fingerprint density at radius 3 is 2.60 bits per heavy atom. The van der Waals surface area contributed by atoms with E-state index >= 15 is 0 Å². The SMILES string of the molecule is Cn1c(CCBr)nc2c(O)ccc(O)c21. The quantitative estimate of drug-likeness (QED) is 0.648. The van der Waals surface area contributed by atoms with E-state index in [1.165, 1.54) is 12.1 Å². The number of phenolic OH excluding ortho intramolecular Hbond substituents is 2. The number of phenols is 2. The first-order chi connectivity index (χ1) is 7.15. The molecule has 1 aromatic carbocycles. The number of alkyl halides is 1. The third-order valence-corrected chi connectivity index (χ3v) is 2.79. The molecule has 80 valence electrons. The van der Waals surface area contributed by atoms with Gasteiger partial charge in [0.1, 0.15) is 28.4 Å². The van der Waals surface area contributed by atoms with E-state index in [1.54, 1.807) is 4.57 Å². The summed E-state index contributed by atoms with van der Waals surface area (Å²) in [7, 11) is 1.83. The van der Waals surface area contributed by atoms with Crippen LogP contribution in [0.25, 0.3) is 11.0 Å². The second-order valence-corrected chi connectivity index (χ2v) is 4.12. The summed E-state index contributed by atoms with van der Waals surface area (Å²) >= 11 is 3.34. The van der Waals surface area contributed by atoms with E-state index in [2.05, 4.69) is 20.9 Å². The predicted octanol–water partition coefficient (Wildman–Crippen LogP) is 1.92. The molecule has 2 aromatic rings. The molecule has 5 heteroatoms. The lowest BCUT2D eigenvalue weighted by Crippen LogP contribution is -1.98. The van der Waals surface area contributed by atoms with Gasteiger partial charge >= 0.3 is 0 Å². The Kier molecular flexibility index (Phi) is 2.56. The molecule has 0 bridgehead atoms.